The minimum absolute atomic E-state index is 0.0713. The Hall–Kier alpha value is -2.40. The van der Waals surface area contributed by atoms with E-state index >= 15 is 0 Å². The molecule has 0 spiro atoms. The maximum absolute atomic E-state index is 11.4. The number of hydrogen-bond acceptors (Lipinski definition) is 5. The molecule has 0 unspecified atom stereocenters. The monoisotopic (exact) mass is 377 g/mol. The fourth-order valence-electron chi connectivity index (χ4n) is 2.07. The van der Waals surface area contributed by atoms with Crippen LogP contribution in [0.2, 0.25) is 0 Å². The standard InChI is InChI=1S/C15H16BrN5O2/c16-10-5-6-12(23-8-4-2-1-3-7-17)11(9-10)13-14(15(18)22)20-21-19-13/h5-6,9H,1-4,8H2,(H2,18,22)(H,19,20,21). The summed E-state index contributed by atoms with van der Waals surface area (Å²) in [6, 6.07) is 7.56. The largest absolute Gasteiger partial charge is 0.493 e. The molecule has 0 atom stereocenters. The molecule has 0 aliphatic carbocycles. The van der Waals surface area contributed by atoms with Crippen LogP contribution in [0, 0.1) is 11.3 Å². The summed E-state index contributed by atoms with van der Waals surface area (Å²) >= 11 is 3.39. The summed E-state index contributed by atoms with van der Waals surface area (Å²) < 4.78 is 6.62. The van der Waals surface area contributed by atoms with E-state index in [9.17, 15) is 4.79 Å². The number of unbranched alkanes of at least 4 members (excludes halogenated alkanes) is 3. The van der Waals surface area contributed by atoms with Gasteiger partial charge in [0.05, 0.1) is 12.7 Å². The van der Waals surface area contributed by atoms with Gasteiger partial charge in [0.2, 0.25) is 0 Å². The summed E-state index contributed by atoms with van der Waals surface area (Å²) in [5.74, 6) is -0.0546. The van der Waals surface area contributed by atoms with E-state index in [0.717, 1.165) is 23.7 Å². The second-order valence-electron chi connectivity index (χ2n) is 4.84. The average molecular weight is 378 g/mol. The maximum atomic E-state index is 11.4. The van der Waals surface area contributed by atoms with Crippen molar-refractivity contribution in [2.24, 2.45) is 5.73 Å². The zero-order chi connectivity index (χ0) is 16.7. The van der Waals surface area contributed by atoms with Gasteiger partial charge < -0.3 is 10.5 Å². The molecule has 2 aromatic rings. The zero-order valence-electron chi connectivity index (χ0n) is 12.4. The molecule has 120 valence electrons. The number of halogens is 1. The number of amides is 1. The van der Waals surface area contributed by atoms with E-state index in [1.54, 1.807) is 12.1 Å². The molecule has 0 bridgehead atoms. The van der Waals surface area contributed by atoms with Gasteiger partial charge in [0, 0.05) is 16.5 Å². The molecule has 0 fully saturated rings. The minimum atomic E-state index is -0.656. The summed E-state index contributed by atoms with van der Waals surface area (Å²) in [7, 11) is 0. The Labute approximate surface area is 142 Å². The lowest BCUT2D eigenvalue weighted by Gasteiger charge is -2.11. The van der Waals surface area contributed by atoms with Gasteiger partial charge in [-0.05, 0) is 37.5 Å². The number of nitriles is 1. The highest BCUT2D eigenvalue weighted by atomic mass is 79.9. The van der Waals surface area contributed by atoms with E-state index in [1.807, 2.05) is 6.07 Å². The Morgan fingerprint density at radius 3 is 2.91 bits per heavy atom. The third kappa shape index (κ3) is 4.53. The number of benzene rings is 1. The Bertz CT molecular complexity index is 723. The molecule has 2 rings (SSSR count). The number of H-pyrrole nitrogens is 1. The lowest BCUT2D eigenvalue weighted by atomic mass is 10.1. The molecule has 0 saturated carbocycles. The molecule has 0 radical (unpaired) electrons. The molecule has 1 aromatic carbocycles. The van der Waals surface area contributed by atoms with Gasteiger partial charge in [-0.15, -0.1) is 0 Å². The van der Waals surface area contributed by atoms with Crippen molar-refractivity contribution in [1.82, 2.24) is 15.4 Å². The van der Waals surface area contributed by atoms with Crippen LogP contribution in [0.4, 0.5) is 0 Å². The highest BCUT2D eigenvalue weighted by Gasteiger charge is 2.19. The molecular weight excluding hydrogens is 362 g/mol. The van der Waals surface area contributed by atoms with E-state index in [2.05, 4.69) is 37.4 Å². The number of primary amides is 1. The number of aromatic amines is 1. The first kappa shape index (κ1) is 17.0. The third-order valence-corrected chi connectivity index (χ3v) is 3.66. The SMILES string of the molecule is N#CCCCCCOc1ccc(Br)cc1-c1n[nH]nc1C(N)=O. The van der Waals surface area contributed by atoms with Crippen molar-refractivity contribution in [1.29, 1.82) is 5.26 Å². The molecule has 1 amide bonds. The number of aromatic nitrogens is 3. The summed E-state index contributed by atoms with van der Waals surface area (Å²) in [5, 5.41) is 18.7. The number of nitrogens with one attached hydrogen (secondary N) is 1. The van der Waals surface area contributed by atoms with Crippen molar-refractivity contribution in [2.75, 3.05) is 6.61 Å². The highest BCUT2D eigenvalue weighted by molar-refractivity contribution is 9.10. The molecule has 1 heterocycles. The first-order valence-electron chi connectivity index (χ1n) is 7.13. The first-order valence-corrected chi connectivity index (χ1v) is 7.93. The summed E-state index contributed by atoms with van der Waals surface area (Å²) in [6.07, 6.45) is 3.20. The quantitative estimate of drug-likeness (QED) is 0.685. The van der Waals surface area contributed by atoms with Crippen molar-refractivity contribution in [3.63, 3.8) is 0 Å². The van der Waals surface area contributed by atoms with Crippen LogP contribution in [0.1, 0.15) is 36.2 Å². The van der Waals surface area contributed by atoms with Crippen molar-refractivity contribution in [3.8, 4) is 23.1 Å². The van der Waals surface area contributed by atoms with Crippen molar-refractivity contribution in [2.45, 2.75) is 25.7 Å². The topological polar surface area (TPSA) is 118 Å². The minimum Gasteiger partial charge on any atom is -0.493 e. The Kier molecular flexibility index (Phi) is 6.11. The molecule has 0 aliphatic rings. The summed E-state index contributed by atoms with van der Waals surface area (Å²) in [5.41, 5.74) is 6.38. The van der Waals surface area contributed by atoms with Gasteiger partial charge in [0.25, 0.3) is 5.91 Å². The Morgan fingerprint density at radius 2 is 2.17 bits per heavy atom. The molecule has 0 aliphatic heterocycles. The van der Waals surface area contributed by atoms with Crippen LogP contribution < -0.4 is 10.5 Å². The van der Waals surface area contributed by atoms with Gasteiger partial charge in [-0.1, -0.05) is 15.9 Å². The van der Waals surface area contributed by atoms with Crippen LogP contribution in [-0.2, 0) is 0 Å². The van der Waals surface area contributed by atoms with E-state index in [-0.39, 0.29) is 5.69 Å². The number of carbonyl (C=O) groups excluding carboxylic acids is 1. The molecule has 7 nitrogen and oxygen atoms in total. The Balaban J connectivity index is 2.13. The normalized spacial score (nSPS) is 10.3. The second-order valence-corrected chi connectivity index (χ2v) is 5.76. The summed E-state index contributed by atoms with van der Waals surface area (Å²) in [6.45, 7) is 0.518. The lowest BCUT2D eigenvalue weighted by molar-refractivity contribution is 0.0996. The molecular formula is C15H16BrN5O2. The molecule has 0 saturated heterocycles. The fraction of sp³-hybridized carbons (Fsp3) is 0.333. The first-order chi connectivity index (χ1) is 11.1. The fourth-order valence-corrected chi connectivity index (χ4v) is 2.43. The summed E-state index contributed by atoms with van der Waals surface area (Å²) in [4.78, 5) is 11.4. The number of ether oxygens (including phenoxy) is 1. The van der Waals surface area contributed by atoms with Gasteiger partial charge in [0.15, 0.2) is 5.69 Å². The predicted molar refractivity (Wildman–Crippen MR) is 87.6 cm³/mol. The van der Waals surface area contributed by atoms with Gasteiger partial charge in [0.1, 0.15) is 11.4 Å². The molecule has 3 N–H and O–H groups in total. The Morgan fingerprint density at radius 1 is 1.35 bits per heavy atom. The van der Waals surface area contributed by atoms with E-state index in [4.69, 9.17) is 15.7 Å². The second kappa shape index (κ2) is 8.29. The van der Waals surface area contributed by atoms with Gasteiger partial charge in [-0.25, -0.2) is 0 Å². The van der Waals surface area contributed by atoms with Gasteiger partial charge in [-0.2, -0.15) is 20.7 Å². The zero-order valence-corrected chi connectivity index (χ0v) is 14.0. The maximum Gasteiger partial charge on any atom is 0.271 e. The molecule has 23 heavy (non-hydrogen) atoms. The van der Waals surface area contributed by atoms with Crippen molar-refractivity contribution < 1.29 is 9.53 Å². The van der Waals surface area contributed by atoms with Gasteiger partial charge in [-0.3, -0.25) is 4.79 Å². The molecule has 1 aromatic heterocycles. The number of hydrogen-bond donors (Lipinski definition) is 2. The van der Waals surface area contributed by atoms with E-state index < -0.39 is 5.91 Å². The van der Waals surface area contributed by atoms with Crippen molar-refractivity contribution >= 4 is 21.8 Å². The molecule has 8 heteroatoms. The van der Waals surface area contributed by atoms with Crippen LogP contribution >= 0.6 is 15.9 Å². The number of nitrogens with two attached hydrogens (primary N) is 1. The number of nitrogens with zero attached hydrogens (tertiary/aromatic N) is 3. The number of rotatable bonds is 8. The van der Waals surface area contributed by atoms with Crippen LogP contribution in [-0.4, -0.2) is 27.9 Å². The van der Waals surface area contributed by atoms with Gasteiger partial charge >= 0.3 is 0 Å². The van der Waals surface area contributed by atoms with Crippen LogP contribution in [0.25, 0.3) is 11.3 Å². The van der Waals surface area contributed by atoms with Crippen LogP contribution in [0.5, 0.6) is 5.75 Å². The van der Waals surface area contributed by atoms with Crippen LogP contribution in [0.3, 0.4) is 0 Å². The number of carbonyl (C=O) groups is 1. The van der Waals surface area contributed by atoms with Crippen molar-refractivity contribution in [3.05, 3.63) is 28.4 Å². The predicted octanol–water partition coefficient (Wildman–Crippen LogP) is 2.80. The third-order valence-electron chi connectivity index (χ3n) is 3.17. The smallest absolute Gasteiger partial charge is 0.271 e. The van der Waals surface area contributed by atoms with E-state index in [1.165, 1.54) is 0 Å². The van der Waals surface area contributed by atoms with Crippen LogP contribution in [0.15, 0.2) is 22.7 Å². The lowest BCUT2D eigenvalue weighted by Crippen LogP contribution is -2.13. The average Bonchev–Trinajstić information content (AvgIpc) is 3.01. The van der Waals surface area contributed by atoms with E-state index in [0.29, 0.717) is 30.0 Å². The highest BCUT2D eigenvalue weighted by Crippen LogP contribution is 2.33.